The van der Waals surface area contributed by atoms with Crippen LogP contribution in [0.4, 0.5) is 0 Å². The van der Waals surface area contributed by atoms with E-state index in [2.05, 4.69) is 25.9 Å². The Morgan fingerprint density at radius 1 is 1.12 bits per heavy atom. The van der Waals surface area contributed by atoms with E-state index < -0.39 is 67.2 Å². The number of hydrogen-bond donors (Lipinski definition) is 4. The molecule has 1 aromatic carbocycles. The first-order valence-electron chi connectivity index (χ1n) is 12.8. The van der Waals surface area contributed by atoms with Gasteiger partial charge in [0.1, 0.15) is 11.7 Å². The maximum Gasteiger partial charge on any atom is 0.552 e. The van der Waals surface area contributed by atoms with Gasteiger partial charge in [0.25, 0.3) is 11.9 Å². The van der Waals surface area contributed by atoms with Gasteiger partial charge in [-0.2, -0.15) is 0 Å². The number of carboxylic acids is 1. The minimum atomic E-state index is -2.18. The third kappa shape index (κ3) is 8.09. The number of carbonyl (C=O) groups is 5. The lowest BCUT2D eigenvalue weighted by atomic mass is 9.70. The third-order valence-corrected chi connectivity index (χ3v) is 6.22. The first-order chi connectivity index (χ1) is 19.0. The molecule has 1 aliphatic rings. The van der Waals surface area contributed by atoms with Crippen LogP contribution in [0.5, 0.6) is 0 Å². The summed E-state index contributed by atoms with van der Waals surface area (Å²) < 4.78 is 11.1. The second-order valence-electron chi connectivity index (χ2n) is 9.85. The van der Waals surface area contributed by atoms with E-state index in [-0.39, 0.29) is 24.5 Å². The van der Waals surface area contributed by atoms with Crippen molar-refractivity contribution >= 4 is 36.8 Å². The molecule has 40 heavy (non-hydrogen) atoms. The van der Waals surface area contributed by atoms with Crippen LogP contribution in [0.1, 0.15) is 49.2 Å². The summed E-state index contributed by atoms with van der Waals surface area (Å²) in [4.78, 5) is 71.1. The first-order valence-corrected chi connectivity index (χ1v) is 12.8. The van der Waals surface area contributed by atoms with Gasteiger partial charge in [0.2, 0.25) is 11.8 Å². The van der Waals surface area contributed by atoms with Gasteiger partial charge >= 0.3 is 13.1 Å². The summed E-state index contributed by atoms with van der Waals surface area (Å²) in [5, 5.41) is 17.7. The van der Waals surface area contributed by atoms with Crippen LogP contribution < -0.4 is 16.0 Å². The highest BCUT2D eigenvalue weighted by Gasteiger charge is 2.54. The zero-order valence-electron chi connectivity index (χ0n) is 22.5. The number of carbonyl (C=O) groups excluding carboxylic acids is 4. The molecule has 2 heterocycles. The molecule has 13 nitrogen and oxygen atoms in total. The lowest BCUT2D eigenvalue weighted by molar-refractivity contribution is -0.172. The van der Waals surface area contributed by atoms with E-state index in [4.69, 9.17) is 9.31 Å². The van der Waals surface area contributed by atoms with Crippen molar-refractivity contribution in [2.24, 2.45) is 5.92 Å². The van der Waals surface area contributed by atoms with Crippen molar-refractivity contribution in [3.63, 3.8) is 0 Å². The van der Waals surface area contributed by atoms with E-state index in [1.807, 2.05) is 19.9 Å². The molecular weight excluding hydrogens is 521 g/mol. The fourth-order valence-electron chi connectivity index (χ4n) is 4.25. The molecule has 0 radical (unpaired) electrons. The molecule has 1 saturated heterocycles. The summed E-state index contributed by atoms with van der Waals surface area (Å²) in [6.07, 6.45) is 3.07. The zero-order valence-corrected chi connectivity index (χ0v) is 22.5. The van der Waals surface area contributed by atoms with Crippen LogP contribution in [-0.4, -0.2) is 76.5 Å². The molecule has 1 aliphatic heterocycles. The maximum absolute atomic E-state index is 13.6. The normalized spacial score (nSPS) is 18.3. The van der Waals surface area contributed by atoms with Gasteiger partial charge in [-0.3, -0.25) is 24.2 Å². The Morgan fingerprint density at radius 2 is 1.85 bits per heavy atom. The minimum absolute atomic E-state index is 0.0112. The highest BCUT2D eigenvalue weighted by molar-refractivity contribution is 6.50. The summed E-state index contributed by atoms with van der Waals surface area (Å²) in [6.45, 7) is 3.71. The van der Waals surface area contributed by atoms with E-state index in [1.165, 1.54) is 25.6 Å². The molecule has 0 spiro atoms. The smallest absolute Gasteiger partial charge is 0.508 e. The number of nitrogens with zero attached hydrogens (tertiary/aromatic N) is 2. The lowest BCUT2D eigenvalue weighted by Gasteiger charge is -2.38. The monoisotopic (exact) mass is 553 g/mol. The van der Waals surface area contributed by atoms with Crippen molar-refractivity contribution in [1.29, 1.82) is 0 Å². The van der Waals surface area contributed by atoms with Crippen molar-refractivity contribution in [1.82, 2.24) is 25.9 Å². The average molecular weight is 553 g/mol. The highest BCUT2D eigenvalue weighted by atomic mass is 16.6. The van der Waals surface area contributed by atoms with E-state index >= 15 is 0 Å². The van der Waals surface area contributed by atoms with E-state index in [1.54, 1.807) is 24.3 Å². The molecule has 0 saturated carbocycles. The topological polar surface area (TPSA) is 186 Å². The van der Waals surface area contributed by atoms with Gasteiger partial charge in [0.15, 0.2) is 5.60 Å². The van der Waals surface area contributed by atoms with Crippen molar-refractivity contribution in [3.8, 4) is 0 Å². The third-order valence-electron chi connectivity index (χ3n) is 6.22. The van der Waals surface area contributed by atoms with Crippen LogP contribution in [0.15, 0.2) is 48.9 Å². The Morgan fingerprint density at radius 3 is 2.45 bits per heavy atom. The van der Waals surface area contributed by atoms with E-state index in [9.17, 15) is 29.1 Å². The number of aliphatic carboxylic acids is 1. The van der Waals surface area contributed by atoms with Crippen molar-refractivity contribution in [2.45, 2.75) is 57.1 Å². The number of rotatable bonds is 12. The van der Waals surface area contributed by atoms with Crippen molar-refractivity contribution in [3.05, 3.63) is 60.2 Å². The molecular formula is C26H32BN5O8. The second-order valence-corrected chi connectivity index (χ2v) is 9.85. The Labute approximate surface area is 231 Å². The fourth-order valence-corrected chi connectivity index (χ4v) is 4.25. The fraction of sp³-hybridized carbons (Fsp3) is 0.423. The molecule has 14 heteroatoms. The second kappa shape index (κ2) is 13.6. The van der Waals surface area contributed by atoms with Crippen molar-refractivity contribution in [2.75, 3.05) is 7.05 Å². The predicted molar refractivity (Wildman–Crippen MR) is 141 cm³/mol. The quantitative estimate of drug-likeness (QED) is 0.266. The van der Waals surface area contributed by atoms with Crippen LogP contribution in [0.3, 0.4) is 0 Å². The largest absolute Gasteiger partial charge is 0.552 e. The summed E-state index contributed by atoms with van der Waals surface area (Å²) >= 11 is 0. The minimum Gasteiger partial charge on any atom is -0.508 e. The van der Waals surface area contributed by atoms with Gasteiger partial charge in [-0.05, 0) is 17.9 Å². The highest BCUT2D eigenvalue weighted by Crippen LogP contribution is 2.30. The number of hydrogen-bond acceptors (Lipinski definition) is 9. The maximum atomic E-state index is 13.6. The van der Waals surface area contributed by atoms with Gasteiger partial charge in [-0.1, -0.05) is 44.2 Å². The Kier molecular flexibility index (Phi) is 10.3. The Bertz CT molecular complexity index is 1220. The molecule has 2 aromatic rings. The molecule has 1 aromatic heterocycles. The summed E-state index contributed by atoms with van der Waals surface area (Å²) in [5.41, 5.74) is -1.40. The van der Waals surface area contributed by atoms with Gasteiger partial charge in [-0.25, -0.2) is 9.78 Å². The molecule has 1 fully saturated rings. The van der Waals surface area contributed by atoms with Crippen LogP contribution in [0, 0.1) is 5.92 Å². The number of benzene rings is 1. The number of aromatic nitrogens is 2. The summed E-state index contributed by atoms with van der Waals surface area (Å²) in [7, 11) is -0.165. The van der Waals surface area contributed by atoms with Crippen LogP contribution >= 0.6 is 0 Å². The lowest BCUT2D eigenvalue weighted by Crippen LogP contribution is -2.63. The SMILES string of the molecule is CNC(=O)C[C@]1(C(=O)O)CC(=O)OB(C(CC(C)C)NC(=O)C(Cc2ccccc2)NC(=O)c2cnccn2)O1. The molecule has 0 aliphatic carbocycles. The Hall–Kier alpha value is -4.33. The molecule has 2 unspecified atom stereocenters. The predicted octanol–water partition coefficient (Wildman–Crippen LogP) is 0.299. The molecule has 0 bridgehead atoms. The van der Waals surface area contributed by atoms with Gasteiger partial charge in [-0.15, -0.1) is 0 Å². The molecule has 212 valence electrons. The van der Waals surface area contributed by atoms with E-state index in [0.717, 1.165) is 5.56 Å². The number of amides is 3. The van der Waals surface area contributed by atoms with Crippen LogP contribution in [0.25, 0.3) is 0 Å². The van der Waals surface area contributed by atoms with Gasteiger partial charge < -0.3 is 30.4 Å². The number of carboxylic acid groups (broad SMARTS) is 1. The molecule has 4 N–H and O–H groups in total. The van der Waals surface area contributed by atoms with Crippen molar-refractivity contribution < 1.29 is 38.4 Å². The standard InChI is InChI=1S/C26H32BN5O8/c1-16(2)11-20(27-39-22(34)14-26(40-27,25(37)38)13-21(33)28-3)32-23(35)18(12-17-7-5-4-6-8-17)31-24(36)19-15-29-9-10-30-19/h4-10,15-16,18,20H,11-14H2,1-3H3,(H,28,33)(H,31,36)(H,32,35)(H,37,38)/t18?,20?,26-/m1/s1. The van der Waals surface area contributed by atoms with Crippen LogP contribution in [0.2, 0.25) is 0 Å². The zero-order chi connectivity index (χ0) is 29.3. The van der Waals surface area contributed by atoms with Gasteiger partial charge in [0.05, 0.1) is 25.0 Å². The molecule has 3 amide bonds. The first kappa shape index (κ1) is 30.2. The summed E-state index contributed by atoms with van der Waals surface area (Å²) in [6, 6.07) is 7.92. The molecule has 3 atom stereocenters. The average Bonchev–Trinajstić information content (AvgIpc) is 2.92. The van der Waals surface area contributed by atoms with Crippen LogP contribution in [-0.2, 0) is 34.9 Å². The number of nitrogens with one attached hydrogen (secondary N) is 3. The summed E-state index contributed by atoms with van der Waals surface area (Å²) in [5.74, 6) is -5.33. The van der Waals surface area contributed by atoms with Gasteiger partial charge in [0, 0.05) is 25.9 Å². The molecule has 3 rings (SSSR count). The Balaban J connectivity index is 1.88. The van der Waals surface area contributed by atoms with E-state index in [0.29, 0.717) is 0 Å².